The predicted molar refractivity (Wildman–Crippen MR) is 89.1 cm³/mol. The van der Waals surface area contributed by atoms with Crippen LogP contribution in [0.15, 0.2) is 68.1 Å². The SMILES string of the molecule is N/C(=N/O)c1ccc(Sc2cc3ccccc3[nH]2)c(Br)c1. The average molecular weight is 362 g/mol. The van der Waals surface area contributed by atoms with Crippen LogP contribution in [0.25, 0.3) is 10.9 Å². The highest BCUT2D eigenvalue weighted by Crippen LogP contribution is 2.35. The lowest BCUT2D eigenvalue weighted by Crippen LogP contribution is -2.12. The second-order valence-corrected chi connectivity index (χ2v) is 6.39. The molecule has 0 radical (unpaired) electrons. The van der Waals surface area contributed by atoms with E-state index in [9.17, 15) is 0 Å². The largest absolute Gasteiger partial charge is 0.409 e. The number of hydrogen-bond donors (Lipinski definition) is 3. The molecule has 106 valence electrons. The molecule has 0 spiro atoms. The molecule has 3 aromatic rings. The molecule has 0 aliphatic carbocycles. The molecule has 1 heterocycles. The summed E-state index contributed by atoms with van der Waals surface area (Å²) >= 11 is 5.14. The third kappa shape index (κ3) is 2.91. The first-order chi connectivity index (χ1) is 10.2. The number of nitrogens with zero attached hydrogens (tertiary/aromatic N) is 1. The number of hydrogen-bond acceptors (Lipinski definition) is 3. The van der Waals surface area contributed by atoms with Gasteiger partial charge in [0.2, 0.25) is 0 Å². The molecule has 0 atom stereocenters. The molecular weight excluding hydrogens is 350 g/mol. The van der Waals surface area contributed by atoms with Gasteiger partial charge in [-0.05, 0) is 46.3 Å². The molecule has 0 amide bonds. The average Bonchev–Trinajstić information content (AvgIpc) is 2.90. The molecule has 4 N–H and O–H groups in total. The molecule has 0 aliphatic heterocycles. The van der Waals surface area contributed by atoms with Crippen molar-refractivity contribution in [3.63, 3.8) is 0 Å². The molecule has 1 aromatic heterocycles. The van der Waals surface area contributed by atoms with Crippen LogP contribution in [-0.4, -0.2) is 16.0 Å². The highest BCUT2D eigenvalue weighted by atomic mass is 79.9. The molecule has 2 aromatic carbocycles. The molecule has 0 unspecified atom stereocenters. The number of fused-ring (bicyclic) bond motifs is 1. The number of amidine groups is 1. The third-order valence-electron chi connectivity index (χ3n) is 3.06. The van der Waals surface area contributed by atoms with E-state index in [0.717, 1.165) is 19.9 Å². The molecule has 0 saturated carbocycles. The van der Waals surface area contributed by atoms with Gasteiger partial charge in [-0.2, -0.15) is 0 Å². The Balaban J connectivity index is 1.91. The van der Waals surface area contributed by atoms with Gasteiger partial charge in [-0.1, -0.05) is 35.1 Å². The predicted octanol–water partition coefficient (Wildman–Crippen LogP) is 4.18. The molecule has 6 heteroatoms. The first-order valence-corrected chi connectivity index (χ1v) is 7.81. The van der Waals surface area contributed by atoms with Crippen LogP contribution >= 0.6 is 27.7 Å². The maximum Gasteiger partial charge on any atom is 0.170 e. The summed E-state index contributed by atoms with van der Waals surface area (Å²) < 4.78 is 0.898. The van der Waals surface area contributed by atoms with E-state index in [1.54, 1.807) is 11.8 Å². The Morgan fingerprint density at radius 3 is 2.71 bits per heavy atom. The summed E-state index contributed by atoms with van der Waals surface area (Å²) in [5.74, 6) is 0.0952. The van der Waals surface area contributed by atoms with E-state index in [4.69, 9.17) is 10.9 Å². The second-order valence-electron chi connectivity index (χ2n) is 4.45. The van der Waals surface area contributed by atoms with E-state index >= 15 is 0 Å². The highest BCUT2D eigenvalue weighted by molar-refractivity contribution is 9.10. The number of halogens is 1. The third-order valence-corrected chi connectivity index (χ3v) is 4.99. The Hall–Kier alpha value is -1.92. The number of oxime groups is 1. The Morgan fingerprint density at radius 1 is 1.19 bits per heavy atom. The van der Waals surface area contributed by atoms with Gasteiger partial charge < -0.3 is 15.9 Å². The van der Waals surface area contributed by atoms with Gasteiger partial charge in [-0.15, -0.1) is 0 Å². The minimum atomic E-state index is 0.0952. The van der Waals surface area contributed by atoms with Crippen molar-refractivity contribution in [2.24, 2.45) is 10.9 Å². The monoisotopic (exact) mass is 361 g/mol. The fourth-order valence-electron chi connectivity index (χ4n) is 2.02. The van der Waals surface area contributed by atoms with Crippen LogP contribution in [-0.2, 0) is 0 Å². The maximum absolute atomic E-state index is 8.70. The molecule has 4 nitrogen and oxygen atoms in total. The lowest BCUT2D eigenvalue weighted by molar-refractivity contribution is 0.318. The summed E-state index contributed by atoms with van der Waals surface area (Å²) in [5, 5.41) is 14.0. The summed E-state index contributed by atoms with van der Waals surface area (Å²) in [6.45, 7) is 0. The molecular formula is C15H12BrN3OS. The minimum absolute atomic E-state index is 0.0952. The Morgan fingerprint density at radius 2 is 2.00 bits per heavy atom. The van der Waals surface area contributed by atoms with Crippen molar-refractivity contribution in [3.8, 4) is 0 Å². The van der Waals surface area contributed by atoms with Gasteiger partial charge in [0.15, 0.2) is 5.84 Å². The number of benzene rings is 2. The molecule has 0 fully saturated rings. The van der Waals surface area contributed by atoms with E-state index in [-0.39, 0.29) is 5.84 Å². The number of para-hydroxylation sites is 1. The first-order valence-electron chi connectivity index (χ1n) is 6.20. The van der Waals surface area contributed by atoms with Crippen LogP contribution in [0, 0.1) is 0 Å². The summed E-state index contributed by atoms with van der Waals surface area (Å²) in [4.78, 5) is 4.43. The molecule has 0 saturated heterocycles. The number of rotatable bonds is 3. The Kier molecular flexibility index (Phi) is 3.90. The van der Waals surface area contributed by atoms with Crippen molar-refractivity contribution in [1.29, 1.82) is 0 Å². The van der Waals surface area contributed by atoms with Crippen molar-refractivity contribution < 1.29 is 5.21 Å². The van der Waals surface area contributed by atoms with Gasteiger partial charge >= 0.3 is 0 Å². The second kappa shape index (κ2) is 5.83. The van der Waals surface area contributed by atoms with Crippen LogP contribution in [0.2, 0.25) is 0 Å². The van der Waals surface area contributed by atoms with E-state index in [0.29, 0.717) is 5.56 Å². The zero-order chi connectivity index (χ0) is 14.8. The topological polar surface area (TPSA) is 74.4 Å². The molecule has 0 aliphatic rings. The van der Waals surface area contributed by atoms with Crippen LogP contribution in [0.1, 0.15) is 5.56 Å². The van der Waals surface area contributed by atoms with E-state index in [1.165, 1.54) is 5.39 Å². The zero-order valence-corrected chi connectivity index (χ0v) is 13.3. The quantitative estimate of drug-likeness (QED) is 0.283. The van der Waals surface area contributed by atoms with Crippen LogP contribution < -0.4 is 5.73 Å². The summed E-state index contributed by atoms with van der Waals surface area (Å²) in [6, 6.07) is 15.9. The van der Waals surface area contributed by atoms with E-state index in [1.807, 2.05) is 30.3 Å². The van der Waals surface area contributed by atoms with Crippen molar-refractivity contribution in [2.45, 2.75) is 9.92 Å². The van der Waals surface area contributed by atoms with Crippen molar-refractivity contribution in [1.82, 2.24) is 4.98 Å². The zero-order valence-electron chi connectivity index (χ0n) is 10.9. The Bertz CT molecular complexity index is 796. The summed E-state index contributed by atoms with van der Waals surface area (Å²) in [5.41, 5.74) is 7.37. The molecule has 0 bridgehead atoms. The van der Waals surface area contributed by atoms with Crippen molar-refractivity contribution in [3.05, 3.63) is 58.6 Å². The van der Waals surface area contributed by atoms with Crippen LogP contribution in [0.5, 0.6) is 0 Å². The molecule has 21 heavy (non-hydrogen) atoms. The van der Waals surface area contributed by atoms with Crippen molar-refractivity contribution >= 4 is 44.4 Å². The number of nitrogens with one attached hydrogen (secondary N) is 1. The summed E-state index contributed by atoms with van der Waals surface area (Å²) in [6.07, 6.45) is 0. The Labute approximate surface area is 134 Å². The van der Waals surface area contributed by atoms with Gasteiger partial charge in [0.25, 0.3) is 0 Å². The van der Waals surface area contributed by atoms with Gasteiger partial charge in [-0.25, -0.2) is 0 Å². The fraction of sp³-hybridized carbons (Fsp3) is 0. The lowest BCUT2D eigenvalue weighted by Gasteiger charge is -2.05. The first kappa shape index (κ1) is 14.0. The number of nitrogens with two attached hydrogens (primary N) is 1. The number of aromatic amines is 1. The highest BCUT2D eigenvalue weighted by Gasteiger charge is 2.08. The van der Waals surface area contributed by atoms with E-state index in [2.05, 4.69) is 44.3 Å². The number of aromatic nitrogens is 1. The maximum atomic E-state index is 8.70. The lowest BCUT2D eigenvalue weighted by atomic mass is 10.2. The minimum Gasteiger partial charge on any atom is -0.409 e. The van der Waals surface area contributed by atoms with Gasteiger partial charge in [0.05, 0.1) is 5.03 Å². The van der Waals surface area contributed by atoms with Gasteiger partial charge in [0.1, 0.15) is 0 Å². The molecule has 3 rings (SSSR count). The normalized spacial score (nSPS) is 12.0. The fourth-order valence-corrected chi connectivity index (χ4v) is 3.52. The van der Waals surface area contributed by atoms with Gasteiger partial charge in [0, 0.05) is 25.8 Å². The summed E-state index contributed by atoms with van der Waals surface area (Å²) in [7, 11) is 0. The van der Waals surface area contributed by atoms with E-state index < -0.39 is 0 Å². The van der Waals surface area contributed by atoms with Crippen molar-refractivity contribution in [2.75, 3.05) is 0 Å². The van der Waals surface area contributed by atoms with Crippen LogP contribution in [0.3, 0.4) is 0 Å². The van der Waals surface area contributed by atoms with Crippen LogP contribution in [0.4, 0.5) is 0 Å². The van der Waals surface area contributed by atoms with Gasteiger partial charge in [-0.3, -0.25) is 0 Å². The number of H-pyrrole nitrogens is 1. The smallest absolute Gasteiger partial charge is 0.170 e. The standard InChI is InChI=1S/C15H12BrN3OS/c16-11-7-10(15(17)19-20)5-6-13(11)21-14-8-9-3-1-2-4-12(9)18-14/h1-8,18,20H,(H2,17,19).